The van der Waals surface area contributed by atoms with E-state index in [2.05, 4.69) is 20.8 Å². The van der Waals surface area contributed by atoms with Crippen LogP contribution in [0.15, 0.2) is 16.6 Å². The molecule has 0 atom stereocenters. The van der Waals surface area contributed by atoms with Gasteiger partial charge in [-0.2, -0.15) is 0 Å². The number of ether oxygens (including phenoxy) is 2. The van der Waals surface area contributed by atoms with E-state index in [0.29, 0.717) is 13.4 Å². The lowest BCUT2D eigenvalue weighted by atomic mass is 10.1. The molecule has 1 aliphatic rings. The van der Waals surface area contributed by atoms with E-state index in [1.807, 2.05) is 12.1 Å². The third-order valence-electron chi connectivity index (χ3n) is 2.03. The highest BCUT2D eigenvalue weighted by Gasteiger charge is 2.15. The van der Waals surface area contributed by atoms with Gasteiger partial charge in [-0.25, -0.2) is 5.90 Å². The summed E-state index contributed by atoms with van der Waals surface area (Å²) in [6.07, 6.45) is 0.744. The fourth-order valence-corrected chi connectivity index (χ4v) is 1.84. The molecule has 5 heteroatoms. The topological polar surface area (TPSA) is 53.7 Å². The van der Waals surface area contributed by atoms with Crippen LogP contribution in [0.4, 0.5) is 0 Å². The van der Waals surface area contributed by atoms with Gasteiger partial charge in [0.2, 0.25) is 6.79 Å². The van der Waals surface area contributed by atoms with Crippen molar-refractivity contribution in [1.29, 1.82) is 0 Å². The van der Waals surface area contributed by atoms with Crippen LogP contribution in [-0.2, 0) is 11.3 Å². The molecule has 0 aromatic heterocycles. The number of rotatable bonds is 3. The molecule has 0 unspecified atom stereocenters. The van der Waals surface area contributed by atoms with Crippen molar-refractivity contribution in [3.05, 3.63) is 22.2 Å². The van der Waals surface area contributed by atoms with Gasteiger partial charge in [-0.3, -0.25) is 0 Å². The van der Waals surface area contributed by atoms with Gasteiger partial charge in [0.25, 0.3) is 0 Å². The van der Waals surface area contributed by atoms with Crippen LogP contribution in [0.2, 0.25) is 0 Å². The first-order valence-electron chi connectivity index (χ1n) is 4.21. The van der Waals surface area contributed by atoms with Crippen LogP contribution in [0.5, 0.6) is 11.5 Å². The Morgan fingerprint density at radius 2 is 2.07 bits per heavy atom. The third kappa shape index (κ3) is 1.84. The molecule has 0 saturated heterocycles. The summed E-state index contributed by atoms with van der Waals surface area (Å²) in [5, 5.41) is 0. The second-order valence-electron chi connectivity index (χ2n) is 2.92. The molecule has 0 bridgehead atoms. The summed E-state index contributed by atoms with van der Waals surface area (Å²) in [4.78, 5) is 4.53. The molecule has 76 valence electrons. The standard InChI is InChI=1S/C9H10BrNO3/c10-7-4-9-8(12-5-13-9)3-6(7)1-2-14-11/h3-4H,1-2,5,11H2. The Bertz CT molecular complexity index is 343. The summed E-state index contributed by atoms with van der Waals surface area (Å²) >= 11 is 3.45. The van der Waals surface area contributed by atoms with Gasteiger partial charge in [-0.15, -0.1) is 0 Å². The first-order valence-corrected chi connectivity index (χ1v) is 5.00. The molecule has 0 saturated carbocycles. The van der Waals surface area contributed by atoms with Crippen LogP contribution in [-0.4, -0.2) is 13.4 Å². The highest BCUT2D eigenvalue weighted by atomic mass is 79.9. The van der Waals surface area contributed by atoms with Gasteiger partial charge in [-0.05, 0) is 24.1 Å². The summed E-state index contributed by atoms with van der Waals surface area (Å²) in [6.45, 7) is 0.775. The largest absolute Gasteiger partial charge is 0.454 e. The highest BCUT2D eigenvalue weighted by Crippen LogP contribution is 2.36. The molecule has 0 spiro atoms. The molecule has 14 heavy (non-hydrogen) atoms. The molecule has 0 aliphatic carbocycles. The first kappa shape index (κ1) is 9.76. The molecule has 4 nitrogen and oxygen atoms in total. The average molecular weight is 260 g/mol. The lowest BCUT2D eigenvalue weighted by Gasteiger charge is -2.05. The minimum absolute atomic E-state index is 0.290. The number of halogens is 1. The lowest BCUT2D eigenvalue weighted by molar-refractivity contribution is 0.141. The van der Waals surface area contributed by atoms with Gasteiger partial charge in [0.1, 0.15) is 0 Å². The molecule has 1 aliphatic heterocycles. The van der Waals surface area contributed by atoms with E-state index in [4.69, 9.17) is 15.4 Å². The summed E-state index contributed by atoms with van der Waals surface area (Å²) < 4.78 is 11.5. The second-order valence-corrected chi connectivity index (χ2v) is 3.77. The van der Waals surface area contributed by atoms with Gasteiger partial charge in [0, 0.05) is 4.47 Å². The fraction of sp³-hybridized carbons (Fsp3) is 0.333. The molecular weight excluding hydrogens is 250 g/mol. The van der Waals surface area contributed by atoms with Crippen molar-refractivity contribution >= 4 is 15.9 Å². The minimum atomic E-state index is 0.290. The molecular formula is C9H10BrNO3. The van der Waals surface area contributed by atoms with Crippen molar-refractivity contribution in [3.8, 4) is 11.5 Å². The van der Waals surface area contributed by atoms with E-state index >= 15 is 0 Å². The number of nitrogens with two attached hydrogens (primary N) is 1. The van der Waals surface area contributed by atoms with Crippen LogP contribution in [0.25, 0.3) is 0 Å². The Labute approximate surface area is 90.0 Å². The zero-order chi connectivity index (χ0) is 9.97. The number of benzene rings is 1. The number of hydrogen-bond donors (Lipinski definition) is 1. The number of fused-ring (bicyclic) bond motifs is 1. The molecule has 0 amide bonds. The molecule has 2 rings (SSSR count). The van der Waals surface area contributed by atoms with Crippen molar-refractivity contribution in [2.45, 2.75) is 6.42 Å². The van der Waals surface area contributed by atoms with Gasteiger partial charge >= 0.3 is 0 Å². The Morgan fingerprint density at radius 1 is 1.36 bits per heavy atom. The van der Waals surface area contributed by atoms with Gasteiger partial charge in [0.05, 0.1) is 6.61 Å². The van der Waals surface area contributed by atoms with E-state index in [9.17, 15) is 0 Å². The maximum atomic E-state index is 5.26. The van der Waals surface area contributed by atoms with Crippen molar-refractivity contribution in [2.24, 2.45) is 5.90 Å². The molecule has 1 aromatic rings. The van der Waals surface area contributed by atoms with Crippen molar-refractivity contribution in [3.63, 3.8) is 0 Å². The molecule has 2 N–H and O–H groups in total. The predicted molar refractivity (Wildman–Crippen MR) is 54.1 cm³/mol. The van der Waals surface area contributed by atoms with Crippen LogP contribution >= 0.6 is 15.9 Å². The van der Waals surface area contributed by atoms with Crippen LogP contribution < -0.4 is 15.4 Å². The Hall–Kier alpha value is -0.780. The molecule has 0 fully saturated rings. The Balaban J connectivity index is 2.23. The molecule has 1 heterocycles. The van der Waals surface area contributed by atoms with E-state index in [1.54, 1.807) is 0 Å². The zero-order valence-electron chi connectivity index (χ0n) is 7.46. The predicted octanol–water partition coefficient (Wildman–Crippen LogP) is 1.61. The van der Waals surface area contributed by atoms with Crippen LogP contribution in [0, 0.1) is 0 Å². The highest BCUT2D eigenvalue weighted by molar-refractivity contribution is 9.10. The van der Waals surface area contributed by atoms with Gasteiger partial charge in [-0.1, -0.05) is 15.9 Å². The number of hydrogen-bond acceptors (Lipinski definition) is 4. The Kier molecular flexibility index (Phi) is 2.90. The summed E-state index contributed by atoms with van der Waals surface area (Å²) in [5.74, 6) is 6.52. The first-order chi connectivity index (χ1) is 6.81. The van der Waals surface area contributed by atoms with E-state index in [1.165, 1.54) is 0 Å². The van der Waals surface area contributed by atoms with Crippen LogP contribution in [0.3, 0.4) is 0 Å². The van der Waals surface area contributed by atoms with Crippen molar-refractivity contribution in [1.82, 2.24) is 0 Å². The monoisotopic (exact) mass is 259 g/mol. The summed E-state index contributed by atoms with van der Waals surface area (Å²) in [5.41, 5.74) is 1.10. The average Bonchev–Trinajstić information content (AvgIpc) is 2.61. The molecule has 1 aromatic carbocycles. The maximum Gasteiger partial charge on any atom is 0.231 e. The van der Waals surface area contributed by atoms with Crippen molar-refractivity contribution < 1.29 is 14.3 Å². The molecule has 0 radical (unpaired) electrons. The SMILES string of the molecule is NOCCc1cc2c(cc1Br)OCO2. The lowest BCUT2D eigenvalue weighted by Crippen LogP contribution is -2.04. The van der Waals surface area contributed by atoms with Gasteiger partial charge < -0.3 is 14.3 Å². The van der Waals surface area contributed by atoms with Gasteiger partial charge in [0.15, 0.2) is 11.5 Å². The summed E-state index contributed by atoms with van der Waals surface area (Å²) in [6, 6.07) is 3.83. The Morgan fingerprint density at radius 3 is 2.79 bits per heavy atom. The second kappa shape index (κ2) is 4.16. The van der Waals surface area contributed by atoms with Crippen LogP contribution in [0.1, 0.15) is 5.56 Å². The smallest absolute Gasteiger partial charge is 0.231 e. The van der Waals surface area contributed by atoms with E-state index in [0.717, 1.165) is 28.0 Å². The summed E-state index contributed by atoms with van der Waals surface area (Å²) in [7, 11) is 0. The zero-order valence-corrected chi connectivity index (χ0v) is 9.04. The minimum Gasteiger partial charge on any atom is -0.454 e. The van der Waals surface area contributed by atoms with E-state index in [-0.39, 0.29) is 0 Å². The fourth-order valence-electron chi connectivity index (χ4n) is 1.32. The third-order valence-corrected chi connectivity index (χ3v) is 2.77. The van der Waals surface area contributed by atoms with E-state index < -0.39 is 0 Å². The normalized spacial score (nSPS) is 13.3. The quantitative estimate of drug-likeness (QED) is 0.839. The van der Waals surface area contributed by atoms with Crippen molar-refractivity contribution in [2.75, 3.05) is 13.4 Å². The maximum absolute atomic E-state index is 5.26.